The summed E-state index contributed by atoms with van der Waals surface area (Å²) in [6.45, 7) is 3.68. The highest BCUT2D eigenvalue weighted by Gasteiger charge is 2.16. The van der Waals surface area contributed by atoms with Gasteiger partial charge in [-0.15, -0.1) is 0 Å². The van der Waals surface area contributed by atoms with Crippen molar-refractivity contribution in [3.8, 4) is 0 Å². The fourth-order valence-electron chi connectivity index (χ4n) is 2.09. The van der Waals surface area contributed by atoms with Gasteiger partial charge in [-0.1, -0.05) is 17.7 Å². The molecular weight excluding hydrogens is 386 g/mol. The Morgan fingerprint density at radius 2 is 1.89 bits per heavy atom. The number of sulfonamides is 1. The maximum absolute atomic E-state index is 12.2. The van der Waals surface area contributed by atoms with Crippen molar-refractivity contribution in [2.24, 2.45) is 16.5 Å². The summed E-state index contributed by atoms with van der Waals surface area (Å²) in [5.74, 6) is -1.27. The molecule has 156 valence electrons. The molecule has 6 N–H and O–H groups in total. The lowest BCUT2D eigenvalue weighted by atomic mass is 10.1. The molecule has 1 aromatic carbocycles. The van der Waals surface area contributed by atoms with Gasteiger partial charge in [0.05, 0.1) is 17.5 Å². The van der Waals surface area contributed by atoms with E-state index in [0.717, 1.165) is 5.56 Å². The molecule has 0 radical (unpaired) electrons. The normalized spacial score (nSPS) is 12.9. The number of carbonyl (C=O) groups excluding carboxylic acids is 2. The lowest BCUT2D eigenvalue weighted by Gasteiger charge is -2.11. The van der Waals surface area contributed by atoms with E-state index < -0.39 is 27.9 Å². The highest BCUT2D eigenvalue weighted by atomic mass is 32.2. The van der Waals surface area contributed by atoms with Gasteiger partial charge >= 0.3 is 5.97 Å². The molecule has 0 spiro atoms. The Hall–Kier alpha value is -2.66. The van der Waals surface area contributed by atoms with Crippen molar-refractivity contribution in [1.29, 1.82) is 0 Å². The Morgan fingerprint density at radius 3 is 2.50 bits per heavy atom. The van der Waals surface area contributed by atoms with E-state index in [-0.39, 0.29) is 37.0 Å². The third-order valence-corrected chi connectivity index (χ3v) is 4.95. The molecule has 1 amide bonds. The first-order valence-electron chi connectivity index (χ1n) is 8.74. The van der Waals surface area contributed by atoms with Crippen LogP contribution < -0.4 is 21.5 Å². The van der Waals surface area contributed by atoms with Crippen LogP contribution in [-0.4, -0.2) is 52.0 Å². The Labute approximate surface area is 164 Å². The van der Waals surface area contributed by atoms with E-state index in [0.29, 0.717) is 6.42 Å². The summed E-state index contributed by atoms with van der Waals surface area (Å²) >= 11 is 0. The van der Waals surface area contributed by atoms with E-state index in [9.17, 15) is 18.0 Å². The highest BCUT2D eigenvalue weighted by Crippen LogP contribution is 2.09. The molecule has 0 saturated heterocycles. The number of benzene rings is 1. The van der Waals surface area contributed by atoms with Crippen molar-refractivity contribution in [3.05, 3.63) is 29.8 Å². The van der Waals surface area contributed by atoms with E-state index in [1.807, 2.05) is 6.92 Å². The molecule has 0 saturated carbocycles. The van der Waals surface area contributed by atoms with Crippen LogP contribution in [0, 0.1) is 6.92 Å². The fraction of sp³-hybridized carbons (Fsp3) is 0.471. The van der Waals surface area contributed by atoms with Gasteiger partial charge in [0.15, 0.2) is 0 Å². The van der Waals surface area contributed by atoms with Gasteiger partial charge in [0, 0.05) is 6.54 Å². The fourth-order valence-corrected chi connectivity index (χ4v) is 3.04. The molecule has 0 unspecified atom stereocenters. The van der Waals surface area contributed by atoms with Crippen LogP contribution in [0.15, 0.2) is 34.2 Å². The van der Waals surface area contributed by atoms with E-state index in [1.165, 1.54) is 12.1 Å². The average Bonchev–Trinajstić information content (AvgIpc) is 2.63. The number of hydrogen-bond acceptors (Lipinski definition) is 7. The molecule has 1 rings (SSSR count). The molecule has 0 aliphatic heterocycles. The van der Waals surface area contributed by atoms with Gasteiger partial charge in [0.1, 0.15) is 6.54 Å². The van der Waals surface area contributed by atoms with Gasteiger partial charge in [-0.05, 0) is 38.8 Å². The maximum atomic E-state index is 12.2. The zero-order valence-corrected chi connectivity index (χ0v) is 16.8. The lowest BCUT2D eigenvalue weighted by Crippen LogP contribution is -2.43. The van der Waals surface area contributed by atoms with Gasteiger partial charge in [-0.25, -0.2) is 13.1 Å². The Kier molecular flexibility index (Phi) is 9.39. The molecule has 1 atom stereocenters. The van der Waals surface area contributed by atoms with Gasteiger partial charge in [-0.2, -0.15) is 0 Å². The predicted octanol–water partition coefficient (Wildman–Crippen LogP) is -0.625. The number of rotatable bonds is 10. The van der Waals surface area contributed by atoms with Gasteiger partial charge in [0.25, 0.3) is 10.0 Å². The minimum absolute atomic E-state index is 0.0801. The first-order chi connectivity index (χ1) is 13.2. The minimum atomic E-state index is -3.80. The van der Waals surface area contributed by atoms with Crippen molar-refractivity contribution < 1.29 is 22.7 Å². The van der Waals surface area contributed by atoms with Crippen molar-refractivity contribution >= 4 is 27.9 Å². The van der Waals surface area contributed by atoms with Crippen LogP contribution in [0.3, 0.4) is 0 Å². The second-order valence-corrected chi connectivity index (χ2v) is 7.64. The molecule has 0 bridgehead atoms. The predicted molar refractivity (Wildman–Crippen MR) is 105 cm³/mol. The minimum Gasteiger partial charge on any atom is -0.465 e. The first-order valence-corrected chi connectivity index (χ1v) is 10.2. The molecule has 1 aromatic rings. The standard InChI is InChI=1S/C17H27N5O5S/c1-3-27-15(23)11-21-16(24)14(18)5-4-10-20-17(19)22-28(25,26)13-8-6-12(2)7-9-13/h6-9,14H,3-5,10-11,18H2,1-2H3,(H,21,24)(H3,19,20,22)/t14-/m1/s1. The van der Waals surface area contributed by atoms with Gasteiger partial charge in [-0.3, -0.25) is 14.6 Å². The van der Waals surface area contributed by atoms with Crippen molar-refractivity contribution in [3.63, 3.8) is 0 Å². The summed E-state index contributed by atoms with van der Waals surface area (Å²) < 4.78 is 31.2. The van der Waals surface area contributed by atoms with E-state index >= 15 is 0 Å². The highest BCUT2D eigenvalue weighted by molar-refractivity contribution is 7.90. The molecule has 0 aliphatic rings. The summed E-state index contributed by atoms with van der Waals surface area (Å²) in [7, 11) is -3.80. The SMILES string of the molecule is CCOC(=O)CNC(=O)[C@H](N)CCCN=C(N)NS(=O)(=O)c1ccc(C)cc1. The monoisotopic (exact) mass is 413 g/mol. The topological polar surface area (TPSA) is 166 Å². The van der Waals surface area contributed by atoms with Crippen molar-refractivity contribution in [2.45, 2.75) is 37.6 Å². The first kappa shape index (κ1) is 23.4. The number of nitrogens with two attached hydrogens (primary N) is 2. The van der Waals surface area contributed by atoms with Crippen molar-refractivity contribution in [2.75, 3.05) is 19.7 Å². The average molecular weight is 414 g/mol. The third kappa shape index (κ3) is 8.35. The zero-order chi connectivity index (χ0) is 21.2. The summed E-state index contributed by atoms with van der Waals surface area (Å²) in [4.78, 5) is 26.9. The Morgan fingerprint density at radius 1 is 1.25 bits per heavy atom. The number of guanidine groups is 1. The van der Waals surface area contributed by atoms with Crippen LogP contribution in [-0.2, 0) is 24.3 Å². The Bertz CT molecular complexity index is 793. The number of hydrogen-bond donors (Lipinski definition) is 4. The smallest absolute Gasteiger partial charge is 0.325 e. The number of nitrogens with one attached hydrogen (secondary N) is 2. The number of esters is 1. The van der Waals surface area contributed by atoms with Gasteiger partial charge in [0.2, 0.25) is 11.9 Å². The summed E-state index contributed by atoms with van der Waals surface area (Å²) in [5, 5.41) is 2.38. The van der Waals surface area contributed by atoms with E-state index in [1.54, 1.807) is 19.1 Å². The van der Waals surface area contributed by atoms with E-state index in [2.05, 4.69) is 15.0 Å². The zero-order valence-electron chi connectivity index (χ0n) is 16.0. The van der Waals surface area contributed by atoms with Gasteiger partial charge < -0.3 is 21.5 Å². The number of aryl methyl sites for hydroxylation is 1. The lowest BCUT2D eigenvalue weighted by molar-refractivity contribution is -0.143. The third-order valence-electron chi connectivity index (χ3n) is 3.57. The van der Waals surface area contributed by atoms with Crippen LogP contribution in [0.4, 0.5) is 0 Å². The van der Waals surface area contributed by atoms with Crippen LogP contribution >= 0.6 is 0 Å². The van der Waals surface area contributed by atoms with Crippen LogP contribution in [0.1, 0.15) is 25.3 Å². The molecule has 28 heavy (non-hydrogen) atoms. The van der Waals surface area contributed by atoms with Crippen LogP contribution in [0.5, 0.6) is 0 Å². The van der Waals surface area contributed by atoms with Crippen LogP contribution in [0.2, 0.25) is 0 Å². The molecule has 10 nitrogen and oxygen atoms in total. The number of nitrogens with zero attached hydrogens (tertiary/aromatic N) is 1. The number of ether oxygens (including phenoxy) is 1. The number of aliphatic imine (C=N–C) groups is 1. The van der Waals surface area contributed by atoms with Crippen molar-refractivity contribution in [1.82, 2.24) is 10.0 Å². The molecule has 0 heterocycles. The summed E-state index contributed by atoms with van der Waals surface area (Å²) in [6, 6.07) is 5.47. The Balaban J connectivity index is 2.40. The molecule has 0 aromatic heterocycles. The van der Waals surface area contributed by atoms with Crippen LogP contribution in [0.25, 0.3) is 0 Å². The summed E-state index contributed by atoms with van der Waals surface area (Å²) in [6.07, 6.45) is 0.692. The molecule has 11 heteroatoms. The number of amides is 1. The second-order valence-electron chi connectivity index (χ2n) is 5.96. The number of carbonyl (C=O) groups is 2. The largest absolute Gasteiger partial charge is 0.465 e. The van der Waals surface area contributed by atoms with E-state index in [4.69, 9.17) is 16.2 Å². The summed E-state index contributed by atoms with van der Waals surface area (Å²) in [5.41, 5.74) is 12.3. The molecular formula is C17H27N5O5S. The second kappa shape index (κ2) is 11.2. The molecule has 0 fully saturated rings. The molecule has 0 aliphatic carbocycles. The quantitative estimate of drug-likeness (QED) is 0.171. The maximum Gasteiger partial charge on any atom is 0.325 e.